The Bertz CT molecular complexity index is 155. The number of ketones is 1. The third-order valence-corrected chi connectivity index (χ3v) is 2.67. The summed E-state index contributed by atoms with van der Waals surface area (Å²) >= 11 is 0. The van der Waals surface area contributed by atoms with Gasteiger partial charge in [-0.3, -0.25) is 4.79 Å². The van der Waals surface area contributed by atoms with E-state index in [2.05, 4.69) is 6.92 Å². The third kappa shape index (κ3) is 11.6. The van der Waals surface area contributed by atoms with Gasteiger partial charge in [0.05, 0.1) is 0 Å². The van der Waals surface area contributed by atoms with Crippen LogP contribution in [0.2, 0.25) is 0 Å². The fourth-order valence-corrected chi connectivity index (χ4v) is 1.67. The second-order valence-corrected chi connectivity index (χ2v) is 4.57. The van der Waals surface area contributed by atoms with E-state index >= 15 is 0 Å². The van der Waals surface area contributed by atoms with Gasteiger partial charge >= 0.3 is 0 Å². The molecule has 0 aromatic carbocycles. The fourth-order valence-electron chi connectivity index (χ4n) is 1.67. The summed E-state index contributed by atoms with van der Waals surface area (Å²) in [5.41, 5.74) is 5.62. The van der Waals surface area contributed by atoms with Crippen molar-refractivity contribution in [3.8, 4) is 0 Å². The van der Waals surface area contributed by atoms with E-state index in [0.29, 0.717) is 5.78 Å². The molecule has 0 radical (unpaired) electrons. The highest BCUT2D eigenvalue weighted by Gasteiger charge is 2.02. The Labute approximate surface area is 94.6 Å². The van der Waals surface area contributed by atoms with E-state index in [1.54, 1.807) is 0 Å². The molecule has 1 unspecified atom stereocenters. The Morgan fingerprint density at radius 2 is 1.67 bits per heavy atom. The zero-order chi connectivity index (χ0) is 11.5. The highest BCUT2D eigenvalue weighted by Crippen LogP contribution is 2.08. The van der Waals surface area contributed by atoms with Crippen LogP contribution in [0.1, 0.15) is 71.6 Å². The van der Waals surface area contributed by atoms with Crippen LogP contribution in [0.4, 0.5) is 0 Å². The first kappa shape index (κ1) is 14.6. The average Bonchev–Trinajstić information content (AvgIpc) is 2.17. The predicted octanol–water partition coefficient (Wildman–Crippen LogP) is 3.43. The summed E-state index contributed by atoms with van der Waals surface area (Å²) in [5, 5.41) is 0. The molecule has 0 aliphatic rings. The number of hydrogen-bond acceptors (Lipinski definition) is 2. The van der Waals surface area contributed by atoms with E-state index in [4.69, 9.17) is 5.73 Å². The smallest absolute Gasteiger partial charge is 0.132 e. The van der Waals surface area contributed by atoms with E-state index in [0.717, 1.165) is 32.1 Å². The summed E-state index contributed by atoms with van der Waals surface area (Å²) in [7, 11) is 0. The van der Waals surface area contributed by atoms with Crippen molar-refractivity contribution in [3.63, 3.8) is 0 Å². The van der Waals surface area contributed by atoms with Crippen molar-refractivity contribution in [1.82, 2.24) is 0 Å². The maximum absolute atomic E-state index is 11.4. The lowest BCUT2D eigenvalue weighted by molar-refractivity contribution is -0.119. The summed E-state index contributed by atoms with van der Waals surface area (Å²) in [4.78, 5) is 11.4. The summed E-state index contributed by atoms with van der Waals surface area (Å²) < 4.78 is 0. The molecule has 0 aromatic heterocycles. The van der Waals surface area contributed by atoms with Gasteiger partial charge < -0.3 is 5.73 Å². The molecule has 2 heteroatoms. The molecular weight excluding hydrogens is 186 g/mol. The second kappa shape index (κ2) is 10.2. The molecule has 0 bridgehead atoms. The van der Waals surface area contributed by atoms with Crippen LogP contribution in [-0.2, 0) is 4.79 Å². The first-order valence-corrected chi connectivity index (χ1v) is 6.44. The number of rotatable bonds is 10. The molecule has 90 valence electrons. The molecule has 0 aromatic rings. The molecule has 15 heavy (non-hydrogen) atoms. The molecule has 0 aliphatic heterocycles. The van der Waals surface area contributed by atoms with Crippen LogP contribution in [0.15, 0.2) is 0 Å². The number of Topliss-reactive ketones (excluding diaryl/α,β-unsaturated/α-hetero) is 1. The molecule has 0 saturated heterocycles. The molecule has 0 heterocycles. The normalized spacial score (nSPS) is 12.7. The van der Waals surface area contributed by atoms with E-state index in [9.17, 15) is 4.79 Å². The van der Waals surface area contributed by atoms with Gasteiger partial charge in [0, 0.05) is 18.9 Å². The lowest BCUT2D eigenvalue weighted by atomic mass is 10.0. The van der Waals surface area contributed by atoms with Crippen LogP contribution in [-0.4, -0.2) is 11.8 Å². The largest absolute Gasteiger partial charge is 0.328 e. The molecule has 0 rings (SSSR count). The number of carbonyl (C=O) groups excluding carboxylic acids is 1. The maximum Gasteiger partial charge on any atom is 0.132 e. The van der Waals surface area contributed by atoms with Crippen molar-refractivity contribution >= 4 is 5.78 Å². The summed E-state index contributed by atoms with van der Waals surface area (Å²) in [6.45, 7) is 4.20. The zero-order valence-corrected chi connectivity index (χ0v) is 10.4. The van der Waals surface area contributed by atoms with Gasteiger partial charge in [-0.25, -0.2) is 0 Å². The van der Waals surface area contributed by atoms with Crippen molar-refractivity contribution in [3.05, 3.63) is 0 Å². The van der Waals surface area contributed by atoms with Crippen LogP contribution in [0.3, 0.4) is 0 Å². The van der Waals surface area contributed by atoms with Crippen molar-refractivity contribution < 1.29 is 4.79 Å². The van der Waals surface area contributed by atoms with Gasteiger partial charge in [-0.1, -0.05) is 32.6 Å². The van der Waals surface area contributed by atoms with Crippen LogP contribution < -0.4 is 5.73 Å². The molecule has 0 aliphatic carbocycles. The second-order valence-electron chi connectivity index (χ2n) is 4.57. The van der Waals surface area contributed by atoms with Gasteiger partial charge in [-0.15, -0.1) is 0 Å². The van der Waals surface area contributed by atoms with E-state index in [1.807, 2.05) is 6.92 Å². The molecular formula is C13H27NO. The zero-order valence-electron chi connectivity index (χ0n) is 10.4. The third-order valence-electron chi connectivity index (χ3n) is 2.67. The minimum absolute atomic E-state index is 0.238. The molecule has 0 amide bonds. The number of nitrogens with two attached hydrogens (primary N) is 1. The average molecular weight is 213 g/mol. The quantitative estimate of drug-likeness (QED) is 0.565. The first-order valence-electron chi connectivity index (χ1n) is 6.44. The molecule has 0 spiro atoms. The molecule has 2 nitrogen and oxygen atoms in total. The monoisotopic (exact) mass is 213 g/mol. The lowest BCUT2D eigenvalue weighted by Gasteiger charge is -2.04. The van der Waals surface area contributed by atoms with Crippen LogP contribution >= 0.6 is 0 Å². The SMILES string of the molecule is CCCCCCCC(=O)CCCC(C)N. The highest BCUT2D eigenvalue weighted by atomic mass is 16.1. The van der Waals surface area contributed by atoms with Gasteiger partial charge in [-0.2, -0.15) is 0 Å². The Morgan fingerprint density at radius 1 is 1.07 bits per heavy atom. The van der Waals surface area contributed by atoms with Gasteiger partial charge in [0.1, 0.15) is 5.78 Å². The minimum Gasteiger partial charge on any atom is -0.328 e. The Balaban J connectivity index is 3.19. The number of carbonyl (C=O) groups is 1. The summed E-state index contributed by atoms with van der Waals surface area (Å²) in [6, 6.07) is 0.238. The van der Waals surface area contributed by atoms with Crippen LogP contribution in [0.25, 0.3) is 0 Å². The summed E-state index contributed by atoms with van der Waals surface area (Å²) in [6.07, 6.45) is 9.60. The predicted molar refractivity (Wildman–Crippen MR) is 65.9 cm³/mol. The summed E-state index contributed by atoms with van der Waals surface area (Å²) in [5.74, 6) is 0.423. The lowest BCUT2D eigenvalue weighted by Crippen LogP contribution is -2.14. The number of hydrogen-bond donors (Lipinski definition) is 1. The van der Waals surface area contributed by atoms with Crippen molar-refractivity contribution in [2.75, 3.05) is 0 Å². The van der Waals surface area contributed by atoms with Crippen molar-refractivity contribution in [2.24, 2.45) is 5.73 Å². The van der Waals surface area contributed by atoms with Crippen LogP contribution in [0, 0.1) is 0 Å². The standard InChI is InChI=1S/C13H27NO/c1-3-4-5-6-7-10-13(15)11-8-9-12(2)14/h12H,3-11,14H2,1-2H3. The van der Waals surface area contributed by atoms with E-state index in [-0.39, 0.29) is 6.04 Å². The van der Waals surface area contributed by atoms with E-state index < -0.39 is 0 Å². The molecule has 0 fully saturated rings. The number of unbranched alkanes of at least 4 members (excludes halogenated alkanes) is 4. The molecule has 0 saturated carbocycles. The Hall–Kier alpha value is -0.370. The van der Waals surface area contributed by atoms with Gasteiger partial charge in [-0.05, 0) is 26.2 Å². The van der Waals surface area contributed by atoms with Crippen molar-refractivity contribution in [1.29, 1.82) is 0 Å². The Morgan fingerprint density at radius 3 is 2.27 bits per heavy atom. The van der Waals surface area contributed by atoms with Crippen molar-refractivity contribution in [2.45, 2.75) is 77.7 Å². The minimum atomic E-state index is 0.238. The van der Waals surface area contributed by atoms with Gasteiger partial charge in [0.2, 0.25) is 0 Å². The fraction of sp³-hybridized carbons (Fsp3) is 0.923. The van der Waals surface area contributed by atoms with Gasteiger partial charge in [0.15, 0.2) is 0 Å². The van der Waals surface area contributed by atoms with Crippen LogP contribution in [0.5, 0.6) is 0 Å². The highest BCUT2D eigenvalue weighted by molar-refractivity contribution is 5.78. The topological polar surface area (TPSA) is 43.1 Å². The molecule has 1 atom stereocenters. The maximum atomic E-state index is 11.4. The Kier molecular flexibility index (Phi) is 9.91. The first-order chi connectivity index (χ1) is 7.16. The van der Waals surface area contributed by atoms with E-state index in [1.165, 1.54) is 25.7 Å². The van der Waals surface area contributed by atoms with Gasteiger partial charge in [0.25, 0.3) is 0 Å². The molecule has 2 N–H and O–H groups in total.